The van der Waals surface area contributed by atoms with Crippen LogP contribution in [0.3, 0.4) is 0 Å². The van der Waals surface area contributed by atoms with Crippen molar-refractivity contribution in [1.82, 2.24) is 15.0 Å². The molecule has 2 N–H and O–H groups in total. The van der Waals surface area contributed by atoms with Crippen LogP contribution in [0, 0.1) is 0 Å². The Balaban J connectivity index is 2.28. The van der Waals surface area contributed by atoms with Crippen molar-refractivity contribution in [2.75, 3.05) is 11.9 Å². The molecule has 1 heterocycles. The molecular formula is C12H15N5S. The maximum atomic E-state index is 5.57. The van der Waals surface area contributed by atoms with Gasteiger partial charge in [0.2, 0.25) is 0 Å². The topological polar surface area (TPSA) is 60.0 Å². The van der Waals surface area contributed by atoms with Gasteiger partial charge in [0.05, 0.1) is 6.20 Å². The zero-order valence-electron chi connectivity index (χ0n) is 10.4. The lowest BCUT2D eigenvalue weighted by Crippen LogP contribution is -2.15. The molecule has 1 aromatic heterocycles. The Morgan fingerprint density at radius 2 is 2.06 bits per heavy atom. The quantitative estimate of drug-likeness (QED) is 0.849. The van der Waals surface area contributed by atoms with Gasteiger partial charge in [0.25, 0.3) is 0 Å². The SMILES string of the molecule is CCn1nncc1N(C)c1ccc(C(N)=S)cc1. The van der Waals surface area contributed by atoms with Crippen molar-refractivity contribution in [1.29, 1.82) is 0 Å². The lowest BCUT2D eigenvalue weighted by Gasteiger charge is -2.19. The van der Waals surface area contributed by atoms with Crippen LogP contribution in [0.15, 0.2) is 30.5 Å². The number of rotatable bonds is 4. The van der Waals surface area contributed by atoms with Gasteiger partial charge in [0.1, 0.15) is 4.99 Å². The number of anilines is 2. The first-order valence-electron chi connectivity index (χ1n) is 5.65. The van der Waals surface area contributed by atoms with E-state index >= 15 is 0 Å². The normalized spacial score (nSPS) is 10.3. The van der Waals surface area contributed by atoms with E-state index < -0.39 is 0 Å². The minimum Gasteiger partial charge on any atom is -0.389 e. The summed E-state index contributed by atoms with van der Waals surface area (Å²) in [5, 5.41) is 7.93. The van der Waals surface area contributed by atoms with Crippen molar-refractivity contribution in [2.24, 2.45) is 5.73 Å². The molecule has 0 spiro atoms. The van der Waals surface area contributed by atoms with E-state index in [1.807, 2.05) is 47.8 Å². The summed E-state index contributed by atoms with van der Waals surface area (Å²) in [5.74, 6) is 0.945. The summed E-state index contributed by atoms with van der Waals surface area (Å²) >= 11 is 4.93. The second-order valence-electron chi connectivity index (χ2n) is 3.88. The van der Waals surface area contributed by atoms with Gasteiger partial charge in [-0.25, -0.2) is 4.68 Å². The Bertz CT molecular complexity index is 546. The summed E-state index contributed by atoms with van der Waals surface area (Å²) in [6.07, 6.45) is 1.74. The zero-order chi connectivity index (χ0) is 13.1. The van der Waals surface area contributed by atoms with E-state index in [9.17, 15) is 0 Å². The predicted molar refractivity (Wildman–Crippen MR) is 76.1 cm³/mol. The van der Waals surface area contributed by atoms with Crippen LogP contribution in [-0.4, -0.2) is 27.0 Å². The summed E-state index contributed by atoms with van der Waals surface area (Å²) < 4.78 is 1.83. The predicted octanol–water partition coefficient (Wildman–Crippen LogP) is 1.70. The fraction of sp³-hybridized carbons (Fsp3) is 0.250. The minimum absolute atomic E-state index is 0.407. The number of benzene rings is 1. The summed E-state index contributed by atoms with van der Waals surface area (Å²) in [7, 11) is 1.97. The summed E-state index contributed by atoms with van der Waals surface area (Å²) in [6, 6.07) is 7.77. The molecule has 0 atom stereocenters. The van der Waals surface area contributed by atoms with Gasteiger partial charge in [-0.15, -0.1) is 5.10 Å². The van der Waals surface area contributed by atoms with Crippen LogP contribution >= 0.6 is 12.2 Å². The first-order valence-corrected chi connectivity index (χ1v) is 6.06. The maximum absolute atomic E-state index is 5.57. The van der Waals surface area contributed by atoms with E-state index in [0.717, 1.165) is 23.6 Å². The number of thiocarbonyl (C=S) groups is 1. The molecule has 18 heavy (non-hydrogen) atoms. The summed E-state index contributed by atoms with van der Waals surface area (Å²) in [5.41, 5.74) is 7.47. The summed E-state index contributed by atoms with van der Waals surface area (Å²) in [6.45, 7) is 2.81. The molecule has 5 nitrogen and oxygen atoms in total. The third-order valence-electron chi connectivity index (χ3n) is 2.78. The highest BCUT2D eigenvalue weighted by Crippen LogP contribution is 2.22. The van der Waals surface area contributed by atoms with Gasteiger partial charge in [0.15, 0.2) is 5.82 Å². The van der Waals surface area contributed by atoms with E-state index in [2.05, 4.69) is 10.3 Å². The largest absolute Gasteiger partial charge is 0.389 e. The Morgan fingerprint density at radius 1 is 1.39 bits per heavy atom. The molecule has 1 aromatic carbocycles. The van der Waals surface area contributed by atoms with Crippen LogP contribution in [-0.2, 0) is 6.54 Å². The average Bonchev–Trinajstić information content (AvgIpc) is 2.86. The highest BCUT2D eigenvalue weighted by atomic mass is 32.1. The Morgan fingerprint density at radius 3 is 2.61 bits per heavy atom. The van der Waals surface area contributed by atoms with Gasteiger partial charge in [-0.05, 0) is 31.2 Å². The molecule has 0 aliphatic rings. The van der Waals surface area contributed by atoms with Gasteiger partial charge in [-0.1, -0.05) is 17.4 Å². The zero-order valence-corrected chi connectivity index (χ0v) is 11.2. The molecule has 0 bridgehead atoms. The van der Waals surface area contributed by atoms with Crippen LogP contribution in [0.4, 0.5) is 11.5 Å². The van der Waals surface area contributed by atoms with Crippen LogP contribution in [0.2, 0.25) is 0 Å². The minimum atomic E-state index is 0.407. The lowest BCUT2D eigenvalue weighted by atomic mass is 10.2. The van der Waals surface area contributed by atoms with Crippen molar-refractivity contribution in [3.05, 3.63) is 36.0 Å². The fourth-order valence-electron chi connectivity index (χ4n) is 1.72. The second kappa shape index (κ2) is 5.14. The van der Waals surface area contributed by atoms with E-state index in [1.165, 1.54) is 0 Å². The lowest BCUT2D eigenvalue weighted by molar-refractivity contribution is 0.626. The molecule has 94 valence electrons. The number of aromatic nitrogens is 3. The molecular weight excluding hydrogens is 246 g/mol. The third-order valence-corrected chi connectivity index (χ3v) is 3.02. The molecule has 6 heteroatoms. The second-order valence-corrected chi connectivity index (χ2v) is 4.32. The molecule has 0 saturated heterocycles. The average molecular weight is 261 g/mol. The highest BCUT2D eigenvalue weighted by molar-refractivity contribution is 7.80. The van der Waals surface area contributed by atoms with Crippen molar-refractivity contribution < 1.29 is 0 Å². The van der Waals surface area contributed by atoms with E-state index in [-0.39, 0.29) is 0 Å². The Hall–Kier alpha value is -1.95. The molecule has 0 amide bonds. The first kappa shape index (κ1) is 12.5. The van der Waals surface area contributed by atoms with Gasteiger partial charge in [-0.3, -0.25) is 0 Å². The molecule has 0 unspecified atom stereocenters. The smallest absolute Gasteiger partial charge is 0.151 e. The molecule has 2 aromatic rings. The van der Waals surface area contributed by atoms with Crippen LogP contribution in [0.25, 0.3) is 0 Å². The number of hydrogen-bond donors (Lipinski definition) is 1. The monoisotopic (exact) mass is 261 g/mol. The Labute approximate surface area is 111 Å². The highest BCUT2D eigenvalue weighted by Gasteiger charge is 2.09. The van der Waals surface area contributed by atoms with E-state index in [4.69, 9.17) is 18.0 Å². The van der Waals surface area contributed by atoms with Gasteiger partial charge in [0, 0.05) is 24.8 Å². The van der Waals surface area contributed by atoms with Crippen LogP contribution in [0.5, 0.6) is 0 Å². The number of aryl methyl sites for hydroxylation is 1. The van der Waals surface area contributed by atoms with Crippen molar-refractivity contribution >= 4 is 28.7 Å². The first-order chi connectivity index (χ1) is 8.63. The van der Waals surface area contributed by atoms with Gasteiger partial charge < -0.3 is 10.6 Å². The maximum Gasteiger partial charge on any atom is 0.151 e. The standard InChI is InChI=1S/C12H15N5S/c1-3-17-11(8-14-15-17)16(2)10-6-4-9(5-7-10)12(13)18/h4-8H,3H2,1-2H3,(H2,13,18). The number of hydrogen-bond acceptors (Lipinski definition) is 4. The van der Waals surface area contributed by atoms with Crippen molar-refractivity contribution in [3.8, 4) is 0 Å². The Kier molecular flexibility index (Phi) is 3.57. The number of nitrogens with zero attached hydrogens (tertiary/aromatic N) is 4. The molecule has 0 radical (unpaired) electrons. The van der Waals surface area contributed by atoms with E-state index in [0.29, 0.717) is 4.99 Å². The van der Waals surface area contributed by atoms with Crippen molar-refractivity contribution in [3.63, 3.8) is 0 Å². The molecule has 0 aliphatic carbocycles. The van der Waals surface area contributed by atoms with Gasteiger partial charge >= 0.3 is 0 Å². The fourth-order valence-corrected chi connectivity index (χ4v) is 1.85. The van der Waals surface area contributed by atoms with Crippen LogP contribution in [0.1, 0.15) is 12.5 Å². The van der Waals surface area contributed by atoms with Crippen molar-refractivity contribution in [2.45, 2.75) is 13.5 Å². The molecule has 0 saturated carbocycles. The molecule has 0 aliphatic heterocycles. The van der Waals surface area contributed by atoms with E-state index in [1.54, 1.807) is 6.20 Å². The summed E-state index contributed by atoms with van der Waals surface area (Å²) in [4.78, 5) is 2.43. The molecule has 2 rings (SSSR count). The van der Waals surface area contributed by atoms with Crippen LogP contribution < -0.4 is 10.6 Å². The third kappa shape index (κ3) is 2.33. The molecule has 0 fully saturated rings. The number of nitrogens with two attached hydrogens (primary N) is 1. The van der Waals surface area contributed by atoms with Gasteiger partial charge in [-0.2, -0.15) is 0 Å².